The topological polar surface area (TPSA) is 24.9 Å². The molecule has 0 radical (unpaired) electrons. The highest BCUT2D eigenvalue weighted by atomic mass is 79.9. The van der Waals surface area contributed by atoms with Gasteiger partial charge in [0.15, 0.2) is 0 Å². The Labute approximate surface area is 102 Å². The zero-order chi connectivity index (χ0) is 11.5. The van der Waals surface area contributed by atoms with Crippen molar-refractivity contribution >= 4 is 27.4 Å². The van der Waals surface area contributed by atoms with Crippen molar-refractivity contribution in [3.63, 3.8) is 0 Å². The van der Waals surface area contributed by atoms with Gasteiger partial charge in [0, 0.05) is 16.4 Å². The van der Waals surface area contributed by atoms with E-state index in [0.717, 1.165) is 21.5 Å². The van der Waals surface area contributed by atoms with Crippen LogP contribution in [0.15, 0.2) is 41.0 Å². The molecule has 1 N–H and O–H groups in total. The predicted octanol–water partition coefficient (Wildman–Crippen LogP) is 4.04. The summed E-state index contributed by atoms with van der Waals surface area (Å²) in [7, 11) is 0. The number of aromatic nitrogens is 1. The Morgan fingerprint density at radius 1 is 1.25 bits per heavy atom. The zero-order valence-corrected chi connectivity index (χ0v) is 10.3. The molecular weight excluding hydrogens is 271 g/mol. The predicted molar refractivity (Wildman–Crippen MR) is 66.4 cm³/mol. The van der Waals surface area contributed by atoms with Gasteiger partial charge in [0.2, 0.25) is 0 Å². The van der Waals surface area contributed by atoms with Gasteiger partial charge in [-0.05, 0) is 58.7 Å². The Hall–Kier alpha value is -1.42. The molecule has 0 fully saturated rings. The SMILES string of the molecule is Cc1cc(Nc2ccc(F)cc2)ncc1Br. The summed E-state index contributed by atoms with van der Waals surface area (Å²) in [6.07, 6.45) is 1.74. The lowest BCUT2D eigenvalue weighted by Gasteiger charge is -2.06. The van der Waals surface area contributed by atoms with Gasteiger partial charge in [0.25, 0.3) is 0 Å². The van der Waals surface area contributed by atoms with E-state index < -0.39 is 0 Å². The van der Waals surface area contributed by atoms with Crippen LogP contribution in [0.1, 0.15) is 5.56 Å². The molecule has 0 saturated carbocycles. The van der Waals surface area contributed by atoms with Gasteiger partial charge in [-0.3, -0.25) is 0 Å². The molecule has 0 atom stereocenters. The van der Waals surface area contributed by atoms with Gasteiger partial charge in [0.05, 0.1) is 0 Å². The Bertz CT molecular complexity index is 497. The average molecular weight is 281 g/mol. The fourth-order valence-electron chi connectivity index (χ4n) is 1.29. The summed E-state index contributed by atoms with van der Waals surface area (Å²) in [4.78, 5) is 4.21. The maximum Gasteiger partial charge on any atom is 0.130 e. The Kier molecular flexibility index (Phi) is 3.19. The third-order valence-corrected chi connectivity index (χ3v) is 2.99. The van der Waals surface area contributed by atoms with Crippen molar-refractivity contribution in [3.05, 3.63) is 52.4 Å². The highest BCUT2D eigenvalue weighted by Crippen LogP contribution is 2.20. The van der Waals surface area contributed by atoms with Gasteiger partial charge in [-0.25, -0.2) is 9.37 Å². The number of hydrogen-bond donors (Lipinski definition) is 1. The van der Waals surface area contributed by atoms with Gasteiger partial charge in [-0.1, -0.05) is 0 Å². The van der Waals surface area contributed by atoms with Crippen LogP contribution in [0.2, 0.25) is 0 Å². The van der Waals surface area contributed by atoms with E-state index in [1.54, 1.807) is 18.3 Å². The molecule has 0 spiro atoms. The van der Waals surface area contributed by atoms with E-state index in [2.05, 4.69) is 26.2 Å². The molecular formula is C12H10BrFN2. The lowest BCUT2D eigenvalue weighted by Crippen LogP contribution is -1.94. The van der Waals surface area contributed by atoms with E-state index in [4.69, 9.17) is 0 Å². The highest BCUT2D eigenvalue weighted by Gasteiger charge is 1.99. The van der Waals surface area contributed by atoms with Crippen molar-refractivity contribution in [1.82, 2.24) is 4.98 Å². The molecule has 1 heterocycles. The summed E-state index contributed by atoms with van der Waals surface area (Å²) in [5.74, 6) is 0.498. The van der Waals surface area contributed by atoms with Crippen LogP contribution >= 0.6 is 15.9 Å². The maximum absolute atomic E-state index is 12.7. The third-order valence-electron chi connectivity index (χ3n) is 2.16. The van der Waals surface area contributed by atoms with Crippen molar-refractivity contribution in [3.8, 4) is 0 Å². The molecule has 4 heteroatoms. The minimum absolute atomic E-state index is 0.245. The standard InChI is InChI=1S/C12H10BrFN2/c1-8-6-12(15-7-11(8)13)16-10-4-2-9(14)3-5-10/h2-7H,1H3,(H,15,16). The van der Waals surface area contributed by atoms with E-state index in [-0.39, 0.29) is 5.82 Å². The molecule has 2 nitrogen and oxygen atoms in total. The summed E-state index contributed by atoms with van der Waals surface area (Å²) in [5, 5.41) is 3.10. The number of anilines is 2. The van der Waals surface area contributed by atoms with Crippen LogP contribution in [0.3, 0.4) is 0 Å². The third kappa shape index (κ3) is 2.58. The summed E-state index contributed by atoms with van der Waals surface area (Å²) >= 11 is 3.38. The minimum Gasteiger partial charge on any atom is -0.340 e. The number of nitrogens with one attached hydrogen (secondary N) is 1. The first-order valence-electron chi connectivity index (χ1n) is 4.80. The van der Waals surface area contributed by atoms with Crippen LogP contribution in [0.25, 0.3) is 0 Å². The number of hydrogen-bond acceptors (Lipinski definition) is 2. The largest absolute Gasteiger partial charge is 0.340 e. The van der Waals surface area contributed by atoms with Crippen molar-refractivity contribution in [2.24, 2.45) is 0 Å². The maximum atomic E-state index is 12.7. The summed E-state index contributed by atoms with van der Waals surface area (Å²) in [6, 6.07) is 8.10. The minimum atomic E-state index is -0.245. The second-order valence-corrected chi connectivity index (χ2v) is 4.30. The van der Waals surface area contributed by atoms with Gasteiger partial charge in [0.1, 0.15) is 11.6 Å². The molecule has 0 bridgehead atoms. The molecule has 1 aromatic heterocycles. The van der Waals surface area contributed by atoms with Crippen molar-refractivity contribution in [2.75, 3.05) is 5.32 Å². The number of benzene rings is 1. The molecule has 2 rings (SSSR count). The number of aryl methyl sites for hydroxylation is 1. The lowest BCUT2D eigenvalue weighted by molar-refractivity contribution is 0.628. The van der Waals surface area contributed by atoms with E-state index in [1.165, 1.54) is 12.1 Å². The van der Waals surface area contributed by atoms with Gasteiger partial charge < -0.3 is 5.32 Å². The molecule has 1 aromatic carbocycles. The second-order valence-electron chi connectivity index (χ2n) is 3.45. The number of rotatable bonds is 2. The Morgan fingerprint density at radius 3 is 2.56 bits per heavy atom. The van der Waals surface area contributed by atoms with E-state index >= 15 is 0 Å². The van der Waals surface area contributed by atoms with Crippen LogP contribution in [0.4, 0.5) is 15.9 Å². The van der Waals surface area contributed by atoms with Crippen LogP contribution in [0, 0.1) is 12.7 Å². The highest BCUT2D eigenvalue weighted by molar-refractivity contribution is 9.10. The smallest absolute Gasteiger partial charge is 0.130 e. The Balaban J connectivity index is 2.20. The summed E-state index contributed by atoms with van der Waals surface area (Å²) in [5.41, 5.74) is 1.91. The fourth-order valence-corrected chi connectivity index (χ4v) is 1.51. The summed E-state index contributed by atoms with van der Waals surface area (Å²) in [6.45, 7) is 1.99. The second kappa shape index (κ2) is 4.61. The number of halogens is 2. The van der Waals surface area contributed by atoms with Crippen molar-refractivity contribution in [2.45, 2.75) is 6.92 Å². The van der Waals surface area contributed by atoms with Gasteiger partial charge in [-0.15, -0.1) is 0 Å². The molecule has 2 aromatic rings. The lowest BCUT2D eigenvalue weighted by atomic mass is 10.3. The van der Waals surface area contributed by atoms with Crippen LogP contribution in [0.5, 0.6) is 0 Å². The molecule has 0 aliphatic carbocycles. The first-order chi connectivity index (χ1) is 7.65. The first kappa shape index (κ1) is 11.1. The fraction of sp³-hybridized carbons (Fsp3) is 0.0833. The number of nitrogens with zero attached hydrogens (tertiary/aromatic N) is 1. The molecule has 0 unspecified atom stereocenters. The van der Waals surface area contributed by atoms with E-state index in [9.17, 15) is 4.39 Å². The molecule has 82 valence electrons. The quantitative estimate of drug-likeness (QED) is 0.898. The Morgan fingerprint density at radius 2 is 1.94 bits per heavy atom. The molecule has 0 aliphatic heterocycles. The van der Waals surface area contributed by atoms with Crippen LogP contribution < -0.4 is 5.32 Å². The zero-order valence-electron chi connectivity index (χ0n) is 8.67. The van der Waals surface area contributed by atoms with Gasteiger partial charge >= 0.3 is 0 Å². The molecule has 16 heavy (non-hydrogen) atoms. The number of pyridine rings is 1. The summed E-state index contributed by atoms with van der Waals surface area (Å²) < 4.78 is 13.7. The normalized spacial score (nSPS) is 10.2. The molecule has 0 amide bonds. The van der Waals surface area contributed by atoms with Crippen LogP contribution in [-0.4, -0.2) is 4.98 Å². The van der Waals surface area contributed by atoms with Crippen molar-refractivity contribution in [1.29, 1.82) is 0 Å². The average Bonchev–Trinajstić information content (AvgIpc) is 2.27. The van der Waals surface area contributed by atoms with Gasteiger partial charge in [-0.2, -0.15) is 0 Å². The van der Waals surface area contributed by atoms with Crippen molar-refractivity contribution < 1.29 is 4.39 Å². The first-order valence-corrected chi connectivity index (χ1v) is 5.59. The van der Waals surface area contributed by atoms with E-state index in [0.29, 0.717) is 0 Å². The molecule has 0 aliphatic rings. The van der Waals surface area contributed by atoms with E-state index in [1.807, 2.05) is 13.0 Å². The molecule has 0 saturated heterocycles. The van der Waals surface area contributed by atoms with Crippen LogP contribution in [-0.2, 0) is 0 Å². The monoisotopic (exact) mass is 280 g/mol.